The molecule has 26 heavy (non-hydrogen) atoms. The van der Waals surface area contributed by atoms with Crippen LogP contribution in [0.3, 0.4) is 0 Å². The molecule has 0 spiro atoms. The maximum atomic E-state index is 13.7. The Labute approximate surface area is 147 Å². The number of carbonyl (C=O) groups is 1. The van der Waals surface area contributed by atoms with Crippen molar-refractivity contribution in [1.82, 2.24) is 24.6 Å². The van der Waals surface area contributed by atoms with Crippen LogP contribution in [0, 0.1) is 5.82 Å². The molecule has 10 heteroatoms. The molecule has 3 aromatic rings. The molecule has 0 unspecified atom stereocenters. The smallest absolute Gasteiger partial charge is 0.341 e. The Morgan fingerprint density at radius 3 is 3.00 bits per heavy atom. The summed E-state index contributed by atoms with van der Waals surface area (Å²) in [4.78, 5) is 25.9. The van der Waals surface area contributed by atoms with Crippen LogP contribution in [0.15, 0.2) is 24.8 Å². The maximum absolute atomic E-state index is 13.7. The van der Waals surface area contributed by atoms with Gasteiger partial charge in [-0.3, -0.25) is 0 Å². The fourth-order valence-corrected chi connectivity index (χ4v) is 3.25. The van der Waals surface area contributed by atoms with Crippen molar-refractivity contribution in [3.63, 3.8) is 0 Å². The number of pyridine rings is 1. The molecule has 3 aromatic heterocycles. The van der Waals surface area contributed by atoms with E-state index in [1.807, 2.05) is 4.90 Å². The van der Waals surface area contributed by atoms with Crippen LogP contribution in [0.1, 0.15) is 34.8 Å². The van der Waals surface area contributed by atoms with Crippen LogP contribution < -0.4 is 9.64 Å². The quantitative estimate of drug-likeness (QED) is 0.751. The number of carboxylic acids is 1. The molecule has 134 valence electrons. The predicted octanol–water partition coefficient (Wildman–Crippen LogP) is 1.71. The number of halogens is 1. The fourth-order valence-electron chi connectivity index (χ4n) is 3.25. The predicted molar refractivity (Wildman–Crippen MR) is 87.8 cm³/mol. The molecule has 0 aliphatic carbocycles. The standard InChI is InChI=1S/C16H15FN6O3/c1-26-14-10(5-9(17)6-18-14)12-3-2-4-22(12)16-19-8-23-13(21-16)11(7-20-23)15(24)25/h5-8,12H,2-4H2,1H3,(H,24,25)/t12-/m1/s1. The van der Waals surface area contributed by atoms with Gasteiger partial charge in [-0.15, -0.1) is 0 Å². The first-order chi connectivity index (χ1) is 12.6. The lowest BCUT2D eigenvalue weighted by atomic mass is 10.1. The molecule has 1 fully saturated rings. The third-order valence-corrected chi connectivity index (χ3v) is 4.40. The lowest BCUT2D eigenvalue weighted by Gasteiger charge is -2.25. The molecule has 0 bridgehead atoms. The van der Waals surface area contributed by atoms with E-state index in [2.05, 4.69) is 20.1 Å². The summed E-state index contributed by atoms with van der Waals surface area (Å²) < 4.78 is 20.3. The number of anilines is 1. The van der Waals surface area contributed by atoms with Gasteiger partial charge in [0.1, 0.15) is 17.7 Å². The normalized spacial score (nSPS) is 17.0. The highest BCUT2D eigenvalue weighted by Gasteiger charge is 2.31. The van der Waals surface area contributed by atoms with Crippen LogP contribution >= 0.6 is 0 Å². The van der Waals surface area contributed by atoms with Crippen LogP contribution in [0.5, 0.6) is 5.88 Å². The first-order valence-corrected chi connectivity index (χ1v) is 7.98. The molecule has 1 aliphatic heterocycles. The van der Waals surface area contributed by atoms with E-state index in [1.54, 1.807) is 0 Å². The Hall–Kier alpha value is -3.30. The van der Waals surface area contributed by atoms with Gasteiger partial charge in [0.2, 0.25) is 11.8 Å². The minimum absolute atomic E-state index is 0.00519. The van der Waals surface area contributed by atoms with Crippen LogP contribution in [0.4, 0.5) is 10.3 Å². The average molecular weight is 358 g/mol. The second kappa shape index (κ2) is 6.21. The number of rotatable bonds is 4. The number of fused-ring (bicyclic) bond motifs is 1. The van der Waals surface area contributed by atoms with E-state index in [9.17, 15) is 14.3 Å². The summed E-state index contributed by atoms with van der Waals surface area (Å²) in [5.74, 6) is -0.860. The van der Waals surface area contributed by atoms with E-state index in [0.717, 1.165) is 19.0 Å². The minimum Gasteiger partial charge on any atom is -0.481 e. The number of aromatic carboxylic acids is 1. The van der Waals surface area contributed by atoms with Crippen molar-refractivity contribution in [2.45, 2.75) is 18.9 Å². The van der Waals surface area contributed by atoms with Gasteiger partial charge in [-0.1, -0.05) is 0 Å². The van der Waals surface area contributed by atoms with Gasteiger partial charge in [0.25, 0.3) is 0 Å². The summed E-state index contributed by atoms with van der Waals surface area (Å²) in [5.41, 5.74) is 0.812. The highest BCUT2D eigenvalue weighted by molar-refractivity contribution is 5.94. The van der Waals surface area contributed by atoms with Crippen molar-refractivity contribution in [3.8, 4) is 5.88 Å². The molecular weight excluding hydrogens is 343 g/mol. The van der Waals surface area contributed by atoms with Crippen LogP contribution in [0.2, 0.25) is 0 Å². The Bertz CT molecular complexity index is 991. The summed E-state index contributed by atoms with van der Waals surface area (Å²) in [6.07, 6.45) is 5.36. The summed E-state index contributed by atoms with van der Waals surface area (Å²) >= 11 is 0. The van der Waals surface area contributed by atoms with Gasteiger partial charge in [-0.2, -0.15) is 10.1 Å². The van der Waals surface area contributed by atoms with Crippen molar-refractivity contribution in [2.75, 3.05) is 18.6 Å². The molecular formula is C16H15FN6O3. The molecule has 0 radical (unpaired) electrons. The zero-order valence-corrected chi connectivity index (χ0v) is 13.8. The van der Waals surface area contributed by atoms with Gasteiger partial charge < -0.3 is 14.7 Å². The van der Waals surface area contributed by atoms with Gasteiger partial charge in [0.15, 0.2) is 5.65 Å². The molecule has 4 heterocycles. The first-order valence-electron chi connectivity index (χ1n) is 7.98. The summed E-state index contributed by atoms with van der Waals surface area (Å²) in [6.45, 7) is 0.650. The number of nitrogens with zero attached hydrogens (tertiary/aromatic N) is 6. The van der Waals surface area contributed by atoms with E-state index < -0.39 is 11.8 Å². The molecule has 1 atom stereocenters. The van der Waals surface area contributed by atoms with E-state index in [1.165, 1.54) is 30.2 Å². The Morgan fingerprint density at radius 1 is 1.38 bits per heavy atom. The van der Waals surface area contributed by atoms with Crippen molar-refractivity contribution >= 4 is 17.6 Å². The maximum Gasteiger partial charge on any atom is 0.341 e. The number of methoxy groups -OCH3 is 1. The summed E-state index contributed by atoms with van der Waals surface area (Å²) in [6, 6.07) is 1.18. The van der Waals surface area contributed by atoms with Crippen molar-refractivity contribution in [3.05, 3.63) is 41.7 Å². The van der Waals surface area contributed by atoms with E-state index in [0.29, 0.717) is 23.9 Å². The molecule has 4 rings (SSSR count). The summed E-state index contributed by atoms with van der Waals surface area (Å²) in [7, 11) is 1.48. The third kappa shape index (κ3) is 2.59. The van der Waals surface area contributed by atoms with Crippen molar-refractivity contribution in [2.24, 2.45) is 0 Å². The highest BCUT2D eigenvalue weighted by atomic mass is 19.1. The van der Waals surface area contributed by atoms with E-state index in [-0.39, 0.29) is 17.3 Å². The van der Waals surface area contributed by atoms with Crippen LogP contribution in [-0.2, 0) is 0 Å². The average Bonchev–Trinajstić information content (AvgIpc) is 3.28. The molecule has 9 nitrogen and oxygen atoms in total. The van der Waals surface area contributed by atoms with Gasteiger partial charge in [0.05, 0.1) is 25.5 Å². The van der Waals surface area contributed by atoms with E-state index in [4.69, 9.17) is 4.74 Å². The Kier molecular flexibility index (Phi) is 3.86. The minimum atomic E-state index is -1.11. The van der Waals surface area contributed by atoms with Gasteiger partial charge >= 0.3 is 5.97 Å². The number of hydrogen-bond acceptors (Lipinski definition) is 7. The van der Waals surface area contributed by atoms with Crippen LogP contribution in [0.25, 0.3) is 5.65 Å². The van der Waals surface area contributed by atoms with Gasteiger partial charge in [0, 0.05) is 12.1 Å². The fraction of sp³-hybridized carbons (Fsp3) is 0.312. The number of aromatic nitrogens is 5. The number of hydrogen-bond donors (Lipinski definition) is 1. The molecule has 1 N–H and O–H groups in total. The van der Waals surface area contributed by atoms with Crippen molar-refractivity contribution in [1.29, 1.82) is 0 Å². The lowest BCUT2D eigenvalue weighted by molar-refractivity contribution is 0.0698. The first kappa shape index (κ1) is 16.2. The highest BCUT2D eigenvalue weighted by Crippen LogP contribution is 2.38. The second-order valence-electron chi connectivity index (χ2n) is 5.89. The zero-order valence-electron chi connectivity index (χ0n) is 13.8. The number of ether oxygens (including phenoxy) is 1. The summed E-state index contributed by atoms with van der Waals surface area (Å²) in [5, 5.41) is 13.2. The topological polar surface area (TPSA) is 106 Å². The molecule has 0 aromatic carbocycles. The molecule has 1 aliphatic rings. The Balaban J connectivity index is 1.77. The van der Waals surface area contributed by atoms with Gasteiger partial charge in [-0.05, 0) is 18.9 Å². The lowest BCUT2D eigenvalue weighted by Crippen LogP contribution is -2.25. The van der Waals surface area contributed by atoms with E-state index >= 15 is 0 Å². The van der Waals surface area contributed by atoms with Crippen molar-refractivity contribution < 1.29 is 19.0 Å². The third-order valence-electron chi connectivity index (χ3n) is 4.40. The van der Waals surface area contributed by atoms with Gasteiger partial charge in [-0.25, -0.2) is 23.7 Å². The molecule has 0 saturated carbocycles. The molecule has 0 amide bonds. The van der Waals surface area contributed by atoms with Crippen LogP contribution in [-0.4, -0.2) is 49.3 Å². The SMILES string of the molecule is COc1ncc(F)cc1[C@H]1CCCN1c1ncn2ncc(C(=O)O)c2n1. The largest absolute Gasteiger partial charge is 0.481 e. The number of carboxylic acid groups (broad SMARTS) is 1. The molecule has 1 saturated heterocycles. The monoisotopic (exact) mass is 358 g/mol. The Morgan fingerprint density at radius 2 is 2.23 bits per heavy atom. The zero-order chi connectivity index (χ0) is 18.3. The second-order valence-corrected chi connectivity index (χ2v) is 5.89.